The summed E-state index contributed by atoms with van der Waals surface area (Å²) in [6.07, 6.45) is -0.420. The number of hydrogen-bond donors (Lipinski definition) is 3. The highest BCUT2D eigenvalue weighted by molar-refractivity contribution is 5.86. The summed E-state index contributed by atoms with van der Waals surface area (Å²) in [5.41, 5.74) is 1.77. The van der Waals surface area contributed by atoms with E-state index < -0.39 is 18.0 Å². The minimum atomic E-state index is -0.808. The number of benzene rings is 3. The molecule has 3 N–H and O–H groups in total. The number of methoxy groups -OCH3 is 1. The lowest BCUT2D eigenvalue weighted by Gasteiger charge is -2.17. The fraction of sp³-hybridized carbons (Fsp3) is 0.292. The van der Waals surface area contributed by atoms with E-state index in [1.807, 2.05) is 80.7 Å². The van der Waals surface area contributed by atoms with Crippen LogP contribution in [0.25, 0.3) is 10.8 Å². The smallest absolute Gasteiger partial charge is 0.310 e. The maximum atomic E-state index is 10.9. The van der Waals surface area contributed by atoms with Gasteiger partial charge in [0.1, 0.15) is 5.75 Å². The van der Waals surface area contributed by atoms with Gasteiger partial charge in [0, 0.05) is 6.04 Å². The molecule has 3 aromatic rings. The van der Waals surface area contributed by atoms with Crippen molar-refractivity contribution in [3.05, 3.63) is 77.9 Å². The summed E-state index contributed by atoms with van der Waals surface area (Å²) in [7, 11) is 3.47. The Hall–Kier alpha value is -2.60. The molecule has 0 saturated heterocycles. The minimum Gasteiger partial charge on any atom is -0.497 e. The molecule has 5 nitrogen and oxygen atoms in total. The van der Waals surface area contributed by atoms with Crippen LogP contribution in [0.5, 0.6) is 5.75 Å². The van der Waals surface area contributed by atoms with Crippen molar-refractivity contribution < 1.29 is 19.7 Å². The molecular formula is C24H30ClNO4. The lowest BCUT2D eigenvalue weighted by molar-refractivity contribution is -0.138. The molecular weight excluding hydrogens is 402 g/mol. The normalized spacial score (nSPS) is 13.2. The molecule has 0 amide bonds. The number of carbonyl (C=O) groups is 1. The summed E-state index contributed by atoms with van der Waals surface area (Å²) < 4.78 is 5.14. The molecule has 0 spiro atoms. The number of carboxylic acid groups (broad SMARTS) is 1. The topological polar surface area (TPSA) is 78.8 Å². The van der Waals surface area contributed by atoms with E-state index in [9.17, 15) is 9.90 Å². The zero-order valence-corrected chi connectivity index (χ0v) is 18.5. The summed E-state index contributed by atoms with van der Waals surface area (Å²) in [6, 6.07) is 21.2. The molecule has 0 radical (unpaired) electrons. The number of halogens is 1. The van der Waals surface area contributed by atoms with E-state index in [2.05, 4.69) is 5.32 Å². The van der Waals surface area contributed by atoms with E-state index in [1.54, 1.807) is 14.0 Å². The first kappa shape index (κ1) is 25.4. The molecule has 0 bridgehead atoms. The van der Waals surface area contributed by atoms with Crippen molar-refractivity contribution in [2.24, 2.45) is 0 Å². The molecule has 0 aliphatic rings. The minimum absolute atomic E-state index is 0. The van der Waals surface area contributed by atoms with Crippen LogP contribution in [0.2, 0.25) is 0 Å². The van der Waals surface area contributed by atoms with Crippen molar-refractivity contribution in [3.8, 4) is 5.75 Å². The number of ether oxygens (including phenoxy) is 1. The lowest BCUT2D eigenvalue weighted by Crippen LogP contribution is -2.28. The van der Waals surface area contributed by atoms with Gasteiger partial charge < -0.3 is 20.3 Å². The molecule has 3 aromatic carbocycles. The summed E-state index contributed by atoms with van der Waals surface area (Å²) >= 11 is 0. The Morgan fingerprint density at radius 3 is 2.10 bits per heavy atom. The molecule has 0 unspecified atom stereocenters. The van der Waals surface area contributed by atoms with E-state index >= 15 is 0 Å². The molecule has 162 valence electrons. The summed E-state index contributed by atoms with van der Waals surface area (Å²) in [6.45, 7) is 3.64. The Morgan fingerprint density at radius 2 is 1.53 bits per heavy atom. The maximum absolute atomic E-state index is 10.9. The van der Waals surface area contributed by atoms with Gasteiger partial charge in [-0.3, -0.25) is 4.79 Å². The van der Waals surface area contributed by atoms with Crippen LogP contribution in [0.4, 0.5) is 0 Å². The maximum Gasteiger partial charge on any atom is 0.310 e. The van der Waals surface area contributed by atoms with E-state index in [4.69, 9.17) is 9.84 Å². The van der Waals surface area contributed by atoms with Crippen LogP contribution < -0.4 is 10.1 Å². The van der Waals surface area contributed by atoms with Gasteiger partial charge in [0.2, 0.25) is 0 Å². The number of aliphatic hydroxyl groups is 1. The largest absolute Gasteiger partial charge is 0.497 e. The average Bonchev–Trinajstić information content (AvgIpc) is 2.77. The molecule has 0 fully saturated rings. The van der Waals surface area contributed by atoms with Gasteiger partial charge in [0.15, 0.2) is 0 Å². The Labute approximate surface area is 184 Å². The van der Waals surface area contributed by atoms with Crippen LogP contribution in [0.1, 0.15) is 37.0 Å². The van der Waals surface area contributed by atoms with E-state index in [0.29, 0.717) is 0 Å². The van der Waals surface area contributed by atoms with Gasteiger partial charge in [0.25, 0.3) is 0 Å². The number of nitrogens with one attached hydrogen (secondary N) is 1. The molecule has 0 aliphatic heterocycles. The third-order valence-electron chi connectivity index (χ3n) is 5.01. The Balaban J connectivity index is 0.000000308. The third kappa shape index (κ3) is 6.73. The van der Waals surface area contributed by atoms with Gasteiger partial charge in [-0.2, -0.15) is 0 Å². The number of aliphatic carboxylic acids is 1. The standard InChI is InChI=1S/C14H14O3.C10H15NO.ClH/c1-9(14(15)16)10-3-4-12-8-13(17-2)6-5-11(12)7-10;1-8(11-2)10(12)9-6-4-3-5-7-9;/h3-9H,1-2H3,(H,15,16);3-8,10-12H,1-2H3;1H/t9-;8-,10+;/m00./s1. The van der Waals surface area contributed by atoms with Crippen molar-refractivity contribution in [1.29, 1.82) is 0 Å². The second-order valence-electron chi connectivity index (χ2n) is 6.97. The van der Waals surface area contributed by atoms with Crippen LogP contribution in [0, 0.1) is 0 Å². The second-order valence-corrected chi connectivity index (χ2v) is 6.97. The first-order valence-electron chi connectivity index (χ1n) is 9.58. The van der Waals surface area contributed by atoms with Crippen LogP contribution >= 0.6 is 12.4 Å². The van der Waals surface area contributed by atoms with Gasteiger partial charge in [0.05, 0.1) is 19.1 Å². The van der Waals surface area contributed by atoms with E-state index in [-0.39, 0.29) is 18.4 Å². The van der Waals surface area contributed by atoms with Crippen LogP contribution in [0.15, 0.2) is 66.7 Å². The molecule has 6 heteroatoms. The number of carboxylic acids is 1. The van der Waals surface area contributed by atoms with Gasteiger partial charge in [-0.25, -0.2) is 0 Å². The zero-order valence-electron chi connectivity index (χ0n) is 17.7. The van der Waals surface area contributed by atoms with Crippen LogP contribution in [0.3, 0.4) is 0 Å². The van der Waals surface area contributed by atoms with Gasteiger partial charge >= 0.3 is 5.97 Å². The van der Waals surface area contributed by atoms with Gasteiger partial charge in [-0.05, 0) is 54.9 Å². The van der Waals surface area contributed by atoms with E-state index in [1.165, 1.54) is 0 Å². The van der Waals surface area contributed by atoms with E-state index in [0.717, 1.165) is 27.6 Å². The van der Waals surface area contributed by atoms with Gasteiger partial charge in [-0.1, -0.05) is 54.6 Å². The molecule has 0 aromatic heterocycles. The van der Waals surface area contributed by atoms with Crippen molar-refractivity contribution in [1.82, 2.24) is 5.32 Å². The highest BCUT2D eigenvalue weighted by Gasteiger charge is 2.14. The van der Waals surface area contributed by atoms with Crippen molar-refractivity contribution in [2.75, 3.05) is 14.2 Å². The van der Waals surface area contributed by atoms with Crippen molar-refractivity contribution >= 4 is 29.1 Å². The van der Waals surface area contributed by atoms with Gasteiger partial charge in [-0.15, -0.1) is 12.4 Å². The molecule has 0 saturated carbocycles. The second kappa shape index (κ2) is 12.2. The summed E-state index contributed by atoms with van der Waals surface area (Å²) in [4.78, 5) is 10.9. The summed E-state index contributed by atoms with van der Waals surface area (Å²) in [5.74, 6) is -0.490. The molecule has 3 rings (SSSR count). The SMILES string of the molecule is CN[C@@H](C)[C@@H](O)c1ccccc1.COc1ccc2cc([C@H](C)C(=O)O)ccc2c1.Cl. The highest BCUT2D eigenvalue weighted by atomic mass is 35.5. The van der Waals surface area contributed by atoms with Crippen LogP contribution in [-0.4, -0.2) is 36.4 Å². The Bertz CT molecular complexity index is 933. The number of aliphatic hydroxyl groups excluding tert-OH is 1. The average molecular weight is 432 g/mol. The number of fused-ring (bicyclic) bond motifs is 1. The third-order valence-corrected chi connectivity index (χ3v) is 5.01. The van der Waals surface area contributed by atoms with Crippen molar-refractivity contribution in [2.45, 2.75) is 31.9 Å². The fourth-order valence-electron chi connectivity index (χ4n) is 2.88. The highest BCUT2D eigenvalue weighted by Crippen LogP contribution is 2.25. The Morgan fingerprint density at radius 1 is 0.933 bits per heavy atom. The first-order valence-corrected chi connectivity index (χ1v) is 9.58. The predicted molar refractivity (Wildman–Crippen MR) is 124 cm³/mol. The number of likely N-dealkylation sites (N-methyl/N-ethyl adjacent to an activating group) is 1. The molecule has 30 heavy (non-hydrogen) atoms. The molecule has 0 heterocycles. The summed E-state index contributed by atoms with van der Waals surface area (Å²) in [5, 5.41) is 23.8. The number of rotatable bonds is 6. The fourth-order valence-corrected chi connectivity index (χ4v) is 2.88. The lowest BCUT2D eigenvalue weighted by atomic mass is 9.98. The zero-order chi connectivity index (χ0) is 21.4. The molecule has 0 aliphatic carbocycles. The van der Waals surface area contributed by atoms with Crippen LogP contribution in [-0.2, 0) is 4.79 Å². The number of hydrogen-bond acceptors (Lipinski definition) is 4. The predicted octanol–water partition coefficient (Wildman–Crippen LogP) is 4.79. The van der Waals surface area contributed by atoms with Crippen molar-refractivity contribution in [3.63, 3.8) is 0 Å². The quantitative estimate of drug-likeness (QED) is 0.523. The first-order chi connectivity index (χ1) is 13.9. The molecule has 3 atom stereocenters. The monoisotopic (exact) mass is 431 g/mol. The Kier molecular flexibility index (Phi) is 10.3.